The van der Waals surface area contributed by atoms with E-state index in [9.17, 15) is 24.9 Å². The van der Waals surface area contributed by atoms with Crippen LogP contribution in [0.4, 0.5) is 0 Å². The summed E-state index contributed by atoms with van der Waals surface area (Å²) in [6, 6.07) is 1.18. The Kier molecular flexibility index (Phi) is 6.03. The van der Waals surface area contributed by atoms with Crippen LogP contribution >= 0.6 is 0 Å². The predicted molar refractivity (Wildman–Crippen MR) is 78.8 cm³/mol. The largest absolute Gasteiger partial charge is 0.504 e. The van der Waals surface area contributed by atoms with Crippen molar-refractivity contribution >= 4 is 11.9 Å². The molecule has 0 aliphatic rings. The van der Waals surface area contributed by atoms with Crippen LogP contribution in [-0.4, -0.2) is 39.8 Å². The standard InChI is InChI=1S/C15H21NO6/c1-4-22-15(21)10(5-8(2)3)16-14(20)9-6-11(17)13(19)12(18)7-9/h6-8,10,17-19H,4-5H2,1-3H3,(H,16,20)/t10-/m0/s1. The minimum Gasteiger partial charge on any atom is -0.504 e. The minimum absolute atomic E-state index is 0.0779. The van der Waals surface area contributed by atoms with E-state index in [0.29, 0.717) is 6.42 Å². The molecule has 1 aromatic carbocycles. The Morgan fingerprint density at radius 3 is 2.18 bits per heavy atom. The van der Waals surface area contributed by atoms with Gasteiger partial charge in [0.1, 0.15) is 6.04 Å². The number of phenols is 3. The number of nitrogens with one attached hydrogen (secondary N) is 1. The Bertz CT molecular complexity index is 532. The number of phenolic OH excluding ortho intramolecular Hbond substituents is 3. The van der Waals surface area contributed by atoms with Crippen LogP contribution in [-0.2, 0) is 9.53 Å². The van der Waals surface area contributed by atoms with Gasteiger partial charge in [-0.15, -0.1) is 0 Å². The summed E-state index contributed by atoms with van der Waals surface area (Å²) < 4.78 is 4.92. The Balaban J connectivity index is 2.93. The van der Waals surface area contributed by atoms with Crippen LogP contribution in [0, 0.1) is 5.92 Å². The Hall–Kier alpha value is -2.44. The molecular formula is C15H21NO6. The third-order valence-electron chi connectivity index (χ3n) is 2.92. The van der Waals surface area contributed by atoms with Crippen LogP contribution < -0.4 is 5.32 Å². The van der Waals surface area contributed by atoms with E-state index < -0.39 is 35.2 Å². The van der Waals surface area contributed by atoms with E-state index >= 15 is 0 Å². The van der Waals surface area contributed by atoms with Gasteiger partial charge in [-0.05, 0) is 31.4 Å². The summed E-state index contributed by atoms with van der Waals surface area (Å²) in [7, 11) is 0. The van der Waals surface area contributed by atoms with Crippen LogP contribution in [0.5, 0.6) is 17.2 Å². The quantitative estimate of drug-likeness (QED) is 0.467. The van der Waals surface area contributed by atoms with Crippen molar-refractivity contribution in [1.82, 2.24) is 5.32 Å². The first-order chi connectivity index (χ1) is 10.3. The lowest BCUT2D eigenvalue weighted by molar-refractivity contribution is -0.145. The number of hydrogen-bond acceptors (Lipinski definition) is 6. The second-order valence-corrected chi connectivity index (χ2v) is 5.27. The third kappa shape index (κ3) is 4.54. The van der Waals surface area contributed by atoms with Gasteiger partial charge in [0.15, 0.2) is 17.2 Å². The SMILES string of the molecule is CCOC(=O)[C@H](CC(C)C)NC(=O)c1cc(O)c(O)c(O)c1. The first-order valence-electron chi connectivity index (χ1n) is 6.98. The molecule has 0 heterocycles. The molecule has 1 aromatic rings. The molecule has 0 aliphatic carbocycles. The van der Waals surface area contributed by atoms with Crippen molar-refractivity contribution in [3.05, 3.63) is 17.7 Å². The molecule has 1 rings (SSSR count). The summed E-state index contributed by atoms with van der Waals surface area (Å²) in [5.74, 6) is -3.01. The topological polar surface area (TPSA) is 116 Å². The van der Waals surface area contributed by atoms with E-state index in [2.05, 4.69) is 5.32 Å². The molecule has 0 saturated carbocycles. The highest BCUT2D eigenvalue weighted by Crippen LogP contribution is 2.35. The van der Waals surface area contributed by atoms with Crippen molar-refractivity contribution in [2.45, 2.75) is 33.2 Å². The molecule has 0 aliphatic heterocycles. The summed E-state index contributed by atoms with van der Waals surface area (Å²) >= 11 is 0. The first-order valence-corrected chi connectivity index (χ1v) is 6.98. The van der Waals surface area contributed by atoms with E-state index in [1.807, 2.05) is 13.8 Å². The molecule has 7 nitrogen and oxygen atoms in total. The average molecular weight is 311 g/mol. The van der Waals surface area contributed by atoms with Crippen molar-refractivity contribution in [2.24, 2.45) is 5.92 Å². The normalized spacial score (nSPS) is 12.0. The number of rotatable bonds is 6. The fourth-order valence-electron chi connectivity index (χ4n) is 1.91. The number of carbonyl (C=O) groups excluding carboxylic acids is 2. The lowest BCUT2D eigenvalue weighted by Crippen LogP contribution is -2.42. The van der Waals surface area contributed by atoms with E-state index in [1.165, 1.54) is 0 Å². The molecule has 0 fully saturated rings. The van der Waals surface area contributed by atoms with Crippen LogP contribution in [0.1, 0.15) is 37.6 Å². The molecule has 122 valence electrons. The third-order valence-corrected chi connectivity index (χ3v) is 2.92. The zero-order chi connectivity index (χ0) is 16.9. The molecule has 0 saturated heterocycles. The van der Waals surface area contributed by atoms with Crippen molar-refractivity contribution in [1.29, 1.82) is 0 Å². The minimum atomic E-state index is -0.828. The second-order valence-electron chi connectivity index (χ2n) is 5.27. The number of benzene rings is 1. The van der Waals surface area contributed by atoms with Gasteiger partial charge in [-0.3, -0.25) is 4.79 Å². The summed E-state index contributed by atoms with van der Waals surface area (Å²) in [6.45, 7) is 5.67. The summed E-state index contributed by atoms with van der Waals surface area (Å²) in [4.78, 5) is 24.0. The van der Waals surface area contributed by atoms with Crippen LogP contribution in [0.2, 0.25) is 0 Å². The second kappa shape index (κ2) is 7.53. The van der Waals surface area contributed by atoms with Crippen LogP contribution in [0.15, 0.2) is 12.1 Å². The highest BCUT2D eigenvalue weighted by molar-refractivity contribution is 5.97. The molecule has 7 heteroatoms. The number of carbonyl (C=O) groups is 2. The highest BCUT2D eigenvalue weighted by atomic mass is 16.5. The van der Waals surface area contributed by atoms with Gasteiger partial charge in [-0.25, -0.2) is 4.79 Å². The number of esters is 1. The lowest BCUT2D eigenvalue weighted by atomic mass is 10.0. The van der Waals surface area contributed by atoms with Crippen molar-refractivity contribution in [2.75, 3.05) is 6.61 Å². The Morgan fingerprint density at radius 1 is 1.18 bits per heavy atom. The van der Waals surface area contributed by atoms with Gasteiger partial charge in [0.2, 0.25) is 0 Å². The van der Waals surface area contributed by atoms with E-state index in [1.54, 1.807) is 6.92 Å². The maximum atomic E-state index is 12.1. The van der Waals surface area contributed by atoms with Crippen LogP contribution in [0.3, 0.4) is 0 Å². The maximum Gasteiger partial charge on any atom is 0.328 e. The molecule has 1 atom stereocenters. The number of aromatic hydroxyl groups is 3. The summed E-state index contributed by atoms with van der Waals surface area (Å²) in [5, 5.41) is 30.6. The van der Waals surface area contributed by atoms with Crippen molar-refractivity contribution in [3.63, 3.8) is 0 Å². The summed E-state index contributed by atoms with van der Waals surface area (Å²) in [6.07, 6.45) is 0.390. The van der Waals surface area contributed by atoms with Gasteiger partial charge in [0, 0.05) is 5.56 Å². The smallest absolute Gasteiger partial charge is 0.328 e. The highest BCUT2D eigenvalue weighted by Gasteiger charge is 2.24. The monoisotopic (exact) mass is 311 g/mol. The van der Waals surface area contributed by atoms with Gasteiger partial charge >= 0.3 is 5.97 Å². The summed E-state index contributed by atoms with van der Waals surface area (Å²) in [5.41, 5.74) is -0.0779. The van der Waals surface area contributed by atoms with E-state index in [-0.39, 0.29) is 18.1 Å². The molecule has 0 aromatic heterocycles. The molecule has 1 amide bonds. The fraction of sp³-hybridized carbons (Fsp3) is 0.467. The molecule has 0 unspecified atom stereocenters. The lowest BCUT2D eigenvalue weighted by Gasteiger charge is -2.19. The van der Waals surface area contributed by atoms with Gasteiger partial charge < -0.3 is 25.4 Å². The van der Waals surface area contributed by atoms with Gasteiger partial charge in [-0.1, -0.05) is 13.8 Å². The average Bonchev–Trinajstić information content (AvgIpc) is 2.43. The zero-order valence-electron chi connectivity index (χ0n) is 12.8. The predicted octanol–water partition coefficient (Wildman–Crippen LogP) is 1.51. The molecule has 0 radical (unpaired) electrons. The van der Waals surface area contributed by atoms with Crippen molar-refractivity contribution in [3.8, 4) is 17.2 Å². The first kappa shape index (κ1) is 17.6. The number of ether oxygens (including phenoxy) is 1. The van der Waals surface area contributed by atoms with Crippen LogP contribution in [0.25, 0.3) is 0 Å². The number of amides is 1. The Morgan fingerprint density at radius 2 is 1.73 bits per heavy atom. The van der Waals surface area contributed by atoms with E-state index in [4.69, 9.17) is 4.74 Å². The molecule has 0 bridgehead atoms. The fourth-order valence-corrected chi connectivity index (χ4v) is 1.91. The molecule has 0 spiro atoms. The maximum absolute atomic E-state index is 12.1. The Labute approximate surface area is 128 Å². The molecule has 22 heavy (non-hydrogen) atoms. The molecule has 4 N–H and O–H groups in total. The van der Waals surface area contributed by atoms with E-state index in [0.717, 1.165) is 12.1 Å². The van der Waals surface area contributed by atoms with Gasteiger partial charge in [0.25, 0.3) is 5.91 Å². The zero-order valence-corrected chi connectivity index (χ0v) is 12.8. The molecular weight excluding hydrogens is 290 g/mol. The van der Waals surface area contributed by atoms with Gasteiger partial charge in [0.05, 0.1) is 6.61 Å². The number of hydrogen-bond donors (Lipinski definition) is 4. The van der Waals surface area contributed by atoms with Gasteiger partial charge in [-0.2, -0.15) is 0 Å². The van der Waals surface area contributed by atoms with Crippen molar-refractivity contribution < 1.29 is 29.6 Å².